The van der Waals surface area contributed by atoms with Crippen molar-refractivity contribution >= 4 is 5.91 Å². The number of ether oxygens (including phenoxy) is 1. The molecule has 1 amide bonds. The first-order chi connectivity index (χ1) is 8.61. The Hall–Kier alpha value is -1.62. The number of nitrogens with zero attached hydrogens (tertiary/aromatic N) is 1. The lowest BCUT2D eigenvalue weighted by atomic mass is 10.1. The van der Waals surface area contributed by atoms with E-state index < -0.39 is 5.82 Å². The standard InChI is InChI=1S/C13H16FNO3/c1-18-12-3-2-9(14)8-11(12)13(17)15-6-4-10(16)5-7-15/h2-3,8,10,16H,4-7H2,1H3. The van der Waals surface area contributed by atoms with E-state index in [2.05, 4.69) is 0 Å². The third kappa shape index (κ3) is 2.61. The highest BCUT2D eigenvalue weighted by molar-refractivity contribution is 5.97. The van der Waals surface area contributed by atoms with Crippen LogP contribution in [0, 0.1) is 5.82 Å². The Bertz CT molecular complexity index is 442. The molecule has 0 atom stereocenters. The number of benzene rings is 1. The van der Waals surface area contributed by atoms with Crippen molar-refractivity contribution in [2.75, 3.05) is 20.2 Å². The number of carbonyl (C=O) groups excluding carboxylic acids is 1. The molecule has 1 aromatic carbocycles. The van der Waals surface area contributed by atoms with Crippen molar-refractivity contribution in [3.63, 3.8) is 0 Å². The number of methoxy groups -OCH3 is 1. The van der Waals surface area contributed by atoms with Gasteiger partial charge < -0.3 is 14.7 Å². The van der Waals surface area contributed by atoms with E-state index in [1.165, 1.54) is 25.3 Å². The van der Waals surface area contributed by atoms with Crippen molar-refractivity contribution in [3.8, 4) is 5.75 Å². The molecule has 18 heavy (non-hydrogen) atoms. The number of aliphatic hydroxyl groups excluding tert-OH is 1. The Morgan fingerprint density at radius 2 is 2.11 bits per heavy atom. The maximum atomic E-state index is 13.2. The lowest BCUT2D eigenvalue weighted by Gasteiger charge is -2.30. The van der Waals surface area contributed by atoms with Crippen molar-refractivity contribution in [2.45, 2.75) is 18.9 Å². The van der Waals surface area contributed by atoms with Crippen molar-refractivity contribution in [1.82, 2.24) is 4.90 Å². The van der Waals surface area contributed by atoms with Gasteiger partial charge >= 0.3 is 0 Å². The highest BCUT2D eigenvalue weighted by Crippen LogP contribution is 2.22. The van der Waals surface area contributed by atoms with Crippen LogP contribution >= 0.6 is 0 Å². The second kappa shape index (κ2) is 5.35. The SMILES string of the molecule is COc1ccc(F)cc1C(=O)N1CCC(O)CC1. The maximum Gasteiger partial charge on any atom is 0.257 e. The summed E-state index contributed by atoms with van der Waals surface area (Å²) in [4.78, 5) is 13.9. The fourth-order valence-corrected chi connectivity index (χ4v) is 2.09. The van der Waals surface area contributed by atoms with Crippen LogP contribution in [-0.4, -0.2) is 42.2 Å². The summed E-state index contributed by atoms with van der Waals surface area (Å²) in [6.07, 6.45) is 0.774. The third-order valence-electron chi connectivity index (χ3n) is 3.14. The van der Waals surface area contributed by atoms with Gasteiger partial charge in [-0.05, 0) is 31.0 Å². The van der Waals surface area contributed by atoms with Gasteiger partial charge in [-0.1, -0.05) is 0 Å². The van der Waals surface area contributed by atoms with Gasteiger partial charge in [-0.2, -0.15) is 0 Å². The van der Waals surface area contributed by atoms with Crippen LogP contribution in [-0.2, 0) is 0 Å². The molecule has 0 aromatic heterocycles. The number of amides is 1. The summed E-state index contributed by atoms with van der Waals surface area (Å²) >= 11 is 0. The summed E-state index contributed by atoms with van der Waals surface area (Å²) in [5.41, 5.74) is 0.230. The van der Waals surface area contributed by atoms with Crippen LogP contribution in [0.4, 0.5) is 4.39 Å². The van der Waals surface area contributed by atoms with Gasteiger partial charge in [-0.3, -0.25) is 4.79 Å². The molecule has 1 aromatic rings. The monoisotopic (exact) mass is 253 g/mol. The normalized spacial score (nSPS) is 16.7. The molecule has 1 fully saturated rings. The second-order valence-electron chi connectivity index (χ2n) is 4.37. The fraction of sp³-hybridized carbons (Fsp3) is 0.462. The number of piperidine rings is 1. The first-order valence-corrected chi connectivity index (χ1v) is 5.92. The minimum atomic E-state index is -0.462. The molecule has 4 nitrogen and oxygen atoms in total. The van der Waals surface area contributed by atoms with Gasteiger partial charge in [0.05, 0.1) is 18.8 Å². The molecule has 0 spiro atoms. The van der Waals surface area contributed by atoms with Crippen LogP contribution in [0.3, 0.4) is 0 Å². The molecule has 1 N–H and O–H groups in total. The molecule has 5 heteroatoms. The van der Waals surface area contributed by atoms with Gasteiger partial charge in [0, 0.05) is 13.1 Å². The summed E-state index contributed by atoms with van der Waals surface area (Å²) in [6, 6.07) is 3.89. The van der Waals surface area contributed by atoms with Crippen molar-refractivity contribution < 1.29 is 19.0 Å². The minimum absolute atomic E-state index is 0.230. The number of likely N-dealkylation sites (tertiary alicyclic amines) is 1. The predicted octanol–water partition coefficient (Wildman–Crippen LogP) is 1.43. The molecule has 0 radical (unpaired) electrons. The zero-order valence-corrected chi connectivity index (χ0v) is 10.2. The molecule has 0 bridgehead atoms. The number of hydrogen-bond donors (Lipinski definition) is 1. The van der Waals surface area contributed by atoms with E-state index in [-0.39, 0.29) is 17.6 Å². The van der Waals surface area contributed by atoms with Gasteiger partial charge in [0.25, 0.3) is 5.91 Å². The summed E-state index contributed by atoms with van der Waals surface area (Å²) in [6.45, 7) is 0.972. The van der Waals surface area contributed by atoms with Crippen LogP contribution in [0.5, 0.6) is 5.75 Å². The first-order valence-electron chi connectivity index (χ1n) is 5.92. The van der Waals surface area contributed by atoms with Crippen LogP contribution < -0.4 is 4.74 Å². The predicted molar refractivity (Wildman–Crippen MR) is 64.1 cm³/mol. The first kappa shape index (κ1) is 12.8. The van der Waals surface area contributed by atoms with Gasteiger partial charge in [0.1, 0.15) is 11.6 Å². The maximum absolute atomic E-state index is 13.2. The average Bonchev–Trinajstić information content (AvgIpc) is 2.39. The molecule has 1 heterocycles. The van der Waals surface area contributed by atoms with Crippen molar-refractivity contribution in [2.24, 2.45) is 0 Å². The minimum Gasteiger partial charge on any atom is -0.496 e. The van der Waals surface area contributed by atoms with E-state index in [4.69, 9.17) is 4.74 Å². The second-order valence-corrected chi connectivity index (χ2v) is 4.37. The summed E-state index contributed by atoms with van der Waals surface area (Å²) in [7, 11) is 1.45. The Kier molecular flexibility index (Phi) is 3.81. The number of rotatable bonds is 2. The quantitative estimate of drug-likeness (QED) is 0.867. The highest BCUT2D eigenvalue weighted by atomic mass is 19.1. The van der Waals surface area contributed by atoms with Crippen LogP contribution in [0.25, 0.3) is 0 Å². The topological polar surface area (TPSA) is 49.8 Å². The number of halogens is 1. The van der Waals surface area contributed by atoms with Gasteiger partial charge in [0.15, 0.2) is 0 Å². The molecule has 98 valence electrons. The number of aliphatic hydroxyl groups is 1. The largest absolute Gasteiger partial charge is 0.496 e. The summed E-state index contributed by atoms with van der Waals surface area (Å²) < 4.78 is 18.3. The summed E-state index contributed by atoms with van der Waals surface area (Å²) in [5.74, 6) is -0.345. The molecule has 0 aliphatic carbocycles. The van der Waals surface area contributed by atoms with Crippen LogP contribution in [0.15, 0.2) is 18.2 Å². The molecular formula is C13H16FNO3. The third-order valence-corrected chi connectivity index (χ3v) is 3.14. The highest BCUT2D eigenvalue weighted by Gasteiger charge is 2.24. The zero-order chi connectivity index (χ0) is 13.1. The van der Waals surface area contributed by atoms with E-state index in [0.717, 1.165) is 0 Å². The Balaban J connectivity index is 2.20. The smallest absolute Gasteiger partial charge is 0.257 e. The van der Waals surface area contributed by atoms with E-state index >= 15 is 0 Å². The van der Waals surface area contributed by atoms with E-state index in [0.29, 0.717) is 31.7 Å². The molecular weight excluding hydrogens is 237 g/mol. The van der Waals surface area contributed by atoms with Gasteiger partial charge in [0.2, 0.25) is 0 Å². The molecule has 0 unspecified atom stereocenters. The van der Waals surface area contributed by atoms with Crippen molar-refractivity contribution in [1.29, 1.82) is 0 Å². The van der Waals surface area contributed by atoms with Crippen LogP contribution in [0.1, 0.15) is 23.2 Å². The number of hydrogen-bond acceptors (Lipinski definition) is 3. The van der Waals surface area contributed by atoms with Crippen LogP contribution in [0.2, 0.25) is 0 Å². The fourth-order valence-electron chi connectivity index (χ4n) is 2.09. The molecule has 1 aliphatic rings. The molecule has 0 saturated carbocycles. The van der Waals surface area contributed by atoms with E-state index in [1.54, 1.807) is 4.90 Å². The van der Waals surface area contributed by atoms with E-state index in [1.807, 2.05) is 0 Å². The Morgan fingerprint density at radius 1 is 1.44 bits per heavy atom. The zero-order valence-electron chi connectivity index (χ0n) is 10.2. The molecule has 2 rings (SSSR count). The molecule has 1 aliphatic heterocycles. The Morgan fingerprint density at radius 3 is 2.72 bits per heavy atom. The Labute approximate surface area is 105 Å². The van der Waals surface area contributed by atoms with Crippen molar-refractivity contribution in [3.05, 3.63) is 29.6 Å². The van der Waals surface area contributed by atoms with Gasteiger partial charge in [-0.15, -0.1) is 0 Å². The summed E-state index contributed by atoms with van der Waals surface area (Å²) in [5, 5.41) is 9.40. The van der Waals surface area contributed by atoms with Gasteiger partial charge in [-0.25, -0.2) is 4.39 Å². The number of carbonyl (C=O) groups is 1. The van der Waals surface area contributed by atoms with E-state index in [9.17, 15) is 14.3 Å². The lowest BCUT2D eigenvalue weighted by Crippen LogP contribution is -2.40. The average molecular weight is 253 g/mol. The molecule has 1 saturated heterocycles. The lowest BCUT2D eigenvalue weighted by molar-refractivity contribution is 0.0543.